The number of carbonyl (C=O) groups is 2. The van der Waals surface area contributed by atoms with Gasteiger partial charge in [0.05, 0.1) is 47.6 Å². The molecule has 14 nitrogen and oxygen atoms in total. The quantitative estimate of drug-likeness (QED) is 0.293. The molecule has 0 aliphatic carbocycles. The number of Topliss-reactive ketones (excluding diaryl/α,β-unsaturated/α-hetero) is 1. The van der Waals surface area contributed by atoms with Gasteiger partial charge in [-0.05, 0) is 74.9 Å². The highest BCUT2D eigenvalue weighted by atomic mass is 16.7. The fourth-order valence-corrected chi connectivity index (χ4v) is 9.01. The molecule has 18 atom stereocenters. The highest BCUT2D eigenvalue weighted by molar-refractivity contribution is 5.83. The van der Waals surface area contributed by atoms with Crippen molar-refractivity contribution in [3.63, 3.8) is 0 Å². The second kappa shape index (κ2) is 18.3. The SMILES string of the molecule is CC[C@@H]1OC(=O)[C@H](C)[C@H](O[C@H]2C[C@@](C)(OC)[C@@H](O)[C@H](C)O2)[C@@H](C)C(O[C@@H]2O[C@H](C)C[C@H](N(C)C)[C@H]2O)[C@](C)(OC)C[C@H](C)C(=O)[C@H](C)[C@@H](OC)C1(C)O. The number of ether oxygens (including phenoxy) is 8. The molecule has 3 N–H and O–H groups in total. The van der Waals surface area contributed by atoms with Gasteiger partial charge in [0.2, 0.25) is 0 Å². The third kappa shape index (κ3) is 9.81. The lowest BCUT2D eigenvalue weighted by molar-refractivity contribution is -0.319. The number of methoxy groups -OCH3 is 3. The van der Waals surface area contributed by atoms with Gasteiger partial charge < -0.3 is 58.1 Å². The molecular weight excluding hydrogens is 690 g/mol. The second-order valence-electron chi connectivity index (χ2n) is 16.8. The molecule has 14 heteroatoms. The van der Waals surface area contributed by atoms with Crippen LogP contribution in [0.3, 0.4) is 0 Å². The fraction of sp³-hybridized carbons (Fsp3) is 0.949. The van der Waals surface area contributed by atoms with E-state index in [1.165, 1.54) is 28.3 Å². The number of hydrogen-bond donors (Lipinski definition) is 3. The summed E-state index contributed by atoms with van der Waals surface area (Å²) in [6.07, 6.45) is -7.72. The normalized spacial score (nSPS) is 48.3. The van der Waals surface area contributed by atoms with Gasteiger partial charge in [0, 0.05) is 51.5 Å². The lowest BCUT2D eigenvalue weighted by Gasteiger charge is -2.50. The Kier molecular flexibility index (Phi) is 15.9. The van der Waals surface area contributed by atoms with Crippen LogP contribution in [0.2, 0.25) is 0 Å². The molecule has 0 amide bonds. The van der Waals surface area contributed by atoms with Crippen molar-refractivity contribution in [2.75, 3.05) is 35.4 Å². The van der Waals surface area contributed by atoms with Crippen molar-refractivity contribution in [2.45, 2.75) is 179 Å². The molecule has 0 radical (unpaired) electrons. The maximum absolute atomic E-state index is 14.3. The summed E-state index contributed by atoms with van der Waals surface area (Å²) in [5.41, 5.74) is -3.96. The number of nitrogens with zero attached hydrogens (tertiary/aromatic N) is 1. The molecule has 0 spiro atoms. The van der Waals surface area contributed by atoms with Gasteiger partial charge in [-0.25, -0.2) is 0 Å². The van der Waals surface area contributed by atoms with E-state index in [0.717, 1.165) is 0 Å². The minimum atomic E-state index is -1.73. The van der Waals surface area contributed by atoms with Crippen molar-refractivity contribution in [3.05, 3.63) is 0 Å². The number of carbonyl (C=O) groups excluding carboxylic acids is 2. The Bertz CT molecular complexity index is 1200. The first-order valence-corrected chi connectivity index (χ1v) is 19.3. The molecule has 3 aliphatic heterocycles. The topological polar surface area (TPSA) is 172 Å². The smallest absolute Gasteiger partial charge is 0.311 e. The number of aliphatic hydroxyl groups is 3. The van der Waals surface area contributed by atoms with E-state index >= 15 is 0 Å². The highest BCUT2D eigenvalue weighted by Gasteiger charge is 2.54. The first-order chi connectivity index (χ1) is 24.5. The fourth-order valence-electron chi connectivity index (χ4n) is 9.01. The molecule has 0 aromatic heterocycles. The number of rotatable bonds is 9. The highest BCUT2D eigenvalue weighted by Crippen LogP contribution is 2.42. The number of hydrogen-bond acceptors (Lipinski definition) is 14. The van der Waals surface area contributed by atoms with Crippen LogP contribution in [0.1, 0.15) is 94.9 Å². The summed E-state index contributed by atoms with van der Waals surface area (Å²) in [6, 6.07) is -0.270. The number of ketones is 1. The summed E-state index contributed by atoms with van der Waals surface area (Å²) in [6.45, 7) is 17.7. The van der Waals surface area contributed by atoms with E-state index in [2.05, 4.69) is 0 Å². The molecule has 0 aromatic carbocycles. The summed E-state index contributed by atoms with van der Waals surface area (Å²) in [4.78, 5) is 30.5. The monoisotopic (exact) mass is 761 g/mol. The van der Waals surface area contributed by atoms with Gasteiger partial charge >= 0.3 is 5.97 Å². The third-order valence-electron chi connectivity index (χ3n) is 12.5. The van der Waals surface area contributed by atoms with Crippen molar-refractivity contribution in [3.8, 4) is 0 Å². The standard InChI is InChI=1S/C39H71NO13/c1-16-27-39(10,45)34(46-13)22(4)29(41)20(2)18-38(9,48-15)33(53-36-30(42)26(40(11)12)17-21(3)49-36)23(5)31(24(6)35(44)51-27)52-28-19-37(8,47-14)32(43)25(7)50-28/h20-28,30-34,36,42-43,45H,16-19H2,1-15H3/t20-,21+,22-,23+,24+,25-,26-,27-,28-,30+,31+,32-,33?,34+,36-,37+,38+,39?/m0/s1. The maximum atomic E-state index is 14.3. The number of cyclic esters (lactones) is 1. The van der Waals surface area contributed by atoms with E-state index in [0.29, 0.717) is 6.42 Å². The van der Waals surface area contributed by atoms with E-state index < -0.39 is 102 Å². The van der Waals surface area contributed by atoms with Crippen LogP contribution in [0.5, 0.6) is 0 Å². The molecule has 2 unspecified atom stereocenters. The molecular formula is C39H71NO13. The lowest BCUT2D eigenvalue weighted by Crippen LogP contribution is -2.61. The van der Waals surface area contributed by atoms with Crippen LogP contribution >= 0.6 is 0 Å². The Balaban J connectivity index is 2.24. The molecule has 0 saturated carbocycles. The zero-order valence-corrected chi connectivity index (χ0v) is 34.9. The average molecular weight is 762 g/mol. The van der Waals surface area contributed by atoms with Crippen LogP contribution in [-0.2, 0) is 47.5 Å². The Labute approximate surface area is 317 Å². The van der Waals surface area contributed by atoms with Crippen molar-refractivity contribution in [1.29, 1.82) is 0 Å². The van der Waals surface area contributed by atoms with Crippen LogP contribution in [0.4, 0.5) is 0 Å². The zero-order chi connectivity index (χ0) is 40.4. The lowest BCUT2D eigenvalue weighted by atomic mass is 9.73. The summed E-state index contributed by atoms with van der Waals surface area (Å²) < 4.78 is 50.0. The molecule has 3 aliphatic rings. The van der Waals surface area contributed by atoms with Crippen LogP contribution in [-0.4, -0.2) is 152 Å². The first-order valence-electron chi connectivity index (χ1n) is 19.3. The van der Waals surface area contributed by atoms with Gasteiger partial charge in [0.15, 0.2) is 12.6 Å². The predicted molar refractivity (Wildman–Crippen MR) is 196 cm³/mol. The van der Waals surface area contributed by atoms with E-state index in [1.54, 1.807) is 34.6 Å². The zero-order valence-electron chi connectivity index (χ0n) is 34.9. The Morgan fingerprint density at radius 3 is 1.98 bits per heavy atom. The largest absolute Gasteiger partial charge is 0.459 e. The number of aliphatic hydroxyl groups excluding tert-OH is 2. The van der Waals surface area contributed by atoms with E-state index in [4.69, 9.17) is 37.9 Å². The van der Waals surface area contributed by atoms with Crippen molar-refractivity contribution >= 4 is 11.8 Å². The Hall–Kier alpha value is -1.30. The van der Waals surface area contributed by atoms with Gasteiger partial charge in [0.25, 0.3) is 0 Å². The van der Waals surface area contributed by atoms with E-state index in [1.807, 2.05) is 46.7 Å². The van der Waals surface area contributed by atoms with Crippen molar-refractivity contribution in [2.24, 2.45) is 23.7 Å². The molecule has 0 aromatic rings. The summed E-state index contributed by atoms with van der Waals surface area (Å²) >= 11 is 0. The Morgan fingerprint density at radius 1 is 0.849 bits per heavy atom. The summed E-state index contributed by atoms with van der Waals surface area (Å²) in [5, 5.41) is 34.5. The van der Waals surface area contributed by atoms with Crippen LogP contribution in [0, 0.1) is 23.7 Å². The maximum Gasteiger partial charge on any atom is 0.311 e. The van der Waals surface area contributed by atoms with Gasteiger partial charge in [-0.15, -0.1) is 0 Å². The molecule has 3 fully saturated rings. The molecule has 0 bridgehead atoms. The molecule has 53 heavy (non-hydrogen) atoms. The van der Waals surface area contributed by atoms with Gasteiger partial charge in [-0.2, -0.15) is 0 Å². The van der Waals surface area contributed by atoms with Crippen LogP contribution in [0.25, 0.3) is 0 Å². The van der Waals surface area contributed by atoms with Gasteiger partial charge in [-0.1, -0.05) is 27.7 Å². The summed E-state index contributed by atoms with van der Waals surface area (Å²) in [7, 11) is 8.26. The van der Waals surface area contributed by atoms with Crippen LogP contribution < -0.4 is 0 Å². The van der Waals surface area contributed by atoms with Crippen molar-refractivity contribution in [1.82, 2.24) is 4.90 Å². The molecule has 3 heterocycles. The van der Waals surface area contributed by atoms with Crippen LogP contribution in [0.15, 0.2) is 0 Å². The van der Waals surface area contributed by atoms with Gasteiger partial charge in [0.1, 0.15) is 29.7 Å². The molecule has 3 rings (SSSR count). The molecule has 3 saturated heterocycles. The number of likely N-dealkylation sites (N-methyl/N-ethyl adjacent to an activating group) is 1. The van der Waals surface area contributed by atoms with E-state index in [-0.39, 0.29) is 37.2 Å². The van der Waals surface area contributed by atoms with Gasteiger partial charge in [-0.3, -0.25) is 9.59 Å². The minimum absolute atomic E-state index is 0.144. The minimum Gasteiger partial charge on any atom is -0.459 e. The average Bonchev–Trinajstić information content (AvgIpc) is 3.10. The first kappa shape index (κ1) is 46.1. The second-order valence-corrected chi connectivity index (χ2v) is 16.8. The van der Waals surface area contributed by atoms with E-state index in [9.17, 15) is 24.9 Å². The summed E-state index contributed by atoms with van der Waals surface area (Å²) in [5.74, 6) is -3.88. The predicted octanol–water partition coefficient (Wildman–Crippen LogP) is 3.09. The molecule has 310 valence electrons. The Morgan fingerprint density at radius 2 is 1.45 bits per heavy atom. The third-order valence-corrected chi connectivity index (χ3v) is 12.5. The van der Waals surface area contributed by atoms with Crippen molar-refractivity contribution < 1.29 is 62.8 Å². The number of esters is 1.